The molecule has 1 unspecified atom stereocenters. The molecule has 0 bridgehead atoms. The van der Waals surface area contributed by atoms with E-state index in [4.69, 9.17) is 0 Å². The third-order valence-electron chi connectivity index (χ3n) is 4.51. The van der Waals surface area contributed by atoms with Gasteiger partial charge in [0.1, 0.15) is 5.69 Å². The van der Waals surface area contributed by atoms with E-state index >= 15 is 0 Å². The van der Waals surface area contributed by atoms with E-state index in [1.165, 1.54) is 6.92 Å². The molecule has 1 atom stereocenters. The van der Waals surface area contributed by atoms with E-state index in [1.54, 1.807) is 6.07 Å². The highest BCUT2D eigenvalue weighted by molar-refractivity contribution is 5.92. The minimum atomic E-state index is -0.0856. The molecule has 2 aromatic heterocycles. The van der Waals surface area contributed by atoms with Crippen LogP contribution in [0.2, 0.25) is 0 Å². The van der Waals surface area contributed by atoms with Gasteiger partial charge in [0.25, 0.3) is 5.91 Å². The summed E-state index contributed by atoms with van der Waals surface area (Å²) < 4.78 is 1.81. The summed E-state index contributed by atoms with van der Waals surface area (Å²) in [5.41, 5.74) is 2.15. The number of hydrogen-bond donors (Lipinski definition) is 1. The first kappa shape index (κ1) is 18.1. The summed E-state index contributed by atoms with van der Waals surface area (Å²) in [5, 5.41) is 7.16. The van der Waals surface area contributed by atoms with Gasteiger partial charge in [0.2, 0.25) is 5.91 Å². The zero-order valence-corrected chi connectivity index (χ0v) is 15.3. The fourth-order valence-electron chi connectivity index (χ4n) is 3.29. The number of amides is 2. The zero-order valence-electron chi connectivity index (χ0n) is 15.3. The fraction of sp³-hybridized carbons (Fsp3) is 0.474. The van der Waals surface area contributed by atoms with Crippen LogP contribution in [-0.2, 0) is 17.9 Å². The van der Waals surface area contributed by atoms with Gasteiger partial charge in [-0.2, -0.15) is 5.10 Å². The van der Waals surface area contributed by atoms with E-state index in [2.05, 4.69) is 22.3 Å². The minimum Gasteiger partial charge on any atom is -0.351 e. The number of rotatable bonds is 6. The number of hydrogen-bond acceptors (Lipinski definition) is 4. The molecule has 3 heterocycles. The van der Waals surface area contributed by atoms with Crippen LogP contribution in [0.25, 0.3) is 0 Å². The molecule has 0 aliphatic carbocycles. The van der Waals surface area contributed by atoms with Crippen molar-refractivity contribution in [3.8, 4) is 0 Å². The number of likely N-dealkylation sites (tertiary alicyclic amines) is 1. The maximum absolute atomic E-state index is 12.9. The second kappa shape index (κ2) is 8.12. The second-order valence-electron chi connectivity index (χ2n) is 6.58. The fourth-order valence-corrected chi connectivity index (χ4v) is 3.29. The summed E-state index contributed by atoms with van der Waals surface area (Å²) in [6.45, 7) is 5.48. The Balaban J connectivity index is 1.76. The summed E-state index contributed by atoms with van der Waals surface area (Å²) in [5.74, 6) is -0.131. The standard InChI is InChI=1S/C19H25N5O2/c1-3-10-23-12-9-17(22-23)19(26)24-11-5-8-18(24)16-7-4-6-15(21-16)13-20-14(2)25/h4,6-7,9,12,18H,3,5,8,10-11,13H2,1-2H3,(H,20,25). The van der Waals surface area contributed by atoms with Crippen molar-refractivity contribution in [1.82, 2.24) is 25.0 Å². The van der Waals surface area contributed by atoms with Crippen molar-refractivity contribution >= 4 is 11.8 Å². The average Bonchev–Trinajstić information content (AvgIpc) is 3.29. The molecular formula is C19H25N5O2. The van der Waals surface area contributed by atoms with Crippen molar-refractivity contribution in [3.63, 3.8) is 0 Å². The second-order valence-corrected chi connectivity index (χ2v) is 6.58. The molecule has 0 saturated carbocycles. The number of aryl methyl sites for hydroxylation is 1. The lowest BCUT2D eigenvalue weighted by atomic mass is 10.1. The zero-order chi connectivity index (χ0) is 18.5. The van der Waals surface area contributed by atoms with Crippen molar-refractivity contribution in [2.75, 3.05) is 6.54 Å². The number of pyridine rings is 1. The average molecular weight is 355 g/mol. The first-order valence-electron chi connectivity index (χ1n) is 9.13. The van der Waals surface area contributed by atoms with Crippen LogP contribution in [0.3, 0.4) is 0 Å². The SMILES string of the molecule is CCCn1ccc(C(=O)N2CCCC2c2cccc(CNC(C)=O)n2)n1. The quantitative estimate of drug-likeness (QED) is 0.862. The predicted molar refractivity (Wildman–Crippen MR) is 97.3 cm³/mol. The normalized spacial score (nSPS) is 16.7. The Bertz CT molecular complexity index is 786. The molecule has 26 heavy (non-hydrogen) atoms. The van der Waals surface area contributed by atoms with Gasteiger partial charge < -0.3 is 10.2 Å². The van der Waals surface area contributed by atoms with Gasteiger partial charge >= 0.3 is 0 Å². The summed E-state index contributed by atoms with van der Waals surface area (Å²) in [7, 11) is 0. The Morgan fingerprint density at radius 3 is 2.92 bits per heavy atom. The molecule has 1 aliphatic heterocycles. The lowest BCUT2D eigenvalue weighted by Crippen LogP contribution is -2.31. The first-order valence-corrected chi connectivity index (χ1v) is 9.13. The van der Waals surface area contributed by atoms with Crippen LogP contribution in [0.1, 0.15) is 61.0 Å². The van der Waals surface area contributed by atoms with Crippen molar-refractivity contribution in [3.05, 3.63) is 47.5 Å². The molecular weight excluding hydrogens is 330 g/mol. The lowest BCUT2D eigenvalue weighted by molar-refractivity contribution is -0.119. The van der Waals surface area contributed by atoms with Crippen LogP contribution in [0, 0.1) is 0 Å². The van der Waals surface area contributed by atoms with E-state index in [0.29, 0.717) is 18.8 Å². The van der Waals surface area contributed by atoms with Crippen LogP contribution in [-0.4, -0.2) is 38.0 Å². The molecule has 3 rings (SSSR count). The molecule has 1 N–H and O–H groups in total. The molecule has 0 spiro atoms. The Labute approximate surface area is 153 Å². The maximum Gasteiger partial charge on any atom is 0.274 e. The van der Waals surface area contributed by atoms with Crippen molar-refractivity contribution in [2.45, 2.75) is 52.2 Å². The molecule has 1 fully saturated rings. The Hall–Kier alpha value is -2.70. The summed E-state index contributed by atoms with van der Waals surface area (Å²) in [4.78, 5) is 30.5. The highest BCUT2D eigenvalue weighted by Crippen LogP contribution is 2.32. The molecule has 138 valence electrons. The smallest absolute Gasteiger partial charge is 0.274 e. The highest BCUT2D eigenvalue weighted by atomic mass is 16.2. The van der Waals surface area contributed by atoms with Crippen molar-refractivity contribution in [1.29, 1.82) is 0 Å². The third kappa shape index (κ3) is 4.09. The number of nitrogens with one attached hydrogen (secondary N) is 1. The van der Waals surface area contributed by atoms with Gasteiger partial charge in [0.05, 0.1) is 24.0 Å². The number of nitrogens with zero attached hydrogens (tertiary/aromatic N) is 4. The van der Waals surface area contributed by atoms with E-state index in [1.807, 2.05) is 34.0 Å². The van der Waals surface area contributed by atoms with Gasteiger partial charge in [-0.25, -0.2) is 0 Å². The van der Waals surface area contributed by atoms with E-state index < -0.39 is 0 Å². The molecule has 0 aromatic carbocycles. The largest absolute Gasteiger partial charge is 0.351 e. The van der Waals surface area contributed by atoms with Crippen LogP contribution >= 0.6 is 0 Å². The molecule has 1 aliphatic rings. The van der Waals surface area contributed by atoms with Crippen LogP contribution in [0.4, 0.5) is 0 Å². The topological polar surface area (TPSA) is 80.1 Å². The molecule has 0 radical (unpaired) electrons. The van der Waals surface area contributed by atoms with Crippen LogP contribution < -0.4 is 5.32 Å². The molecule has 2 amide bonds. The maximum atomic E-state index is 12.9. The lowest BCUT2D eigenvalue weighted by Gasteiger charge is -2.24. The molecule has 1 saturated heterocycles. The van der Waals surface area contributed by atoms with Gasteiger partial charge in [-0.1, -0.05) is 13.0 Å². The van der Waals surface area contributed by atoms with Crippen LogP contribution in [0.15, 0.2) is 30.5 Å². The summed E-state index contributed by atoms with van der Waals surface area (Å²) >= 11 is 0. The van der Waals surface area contributed by atoms with Gasteiger partial charge in [-0.05, 0) is 37.5 Å². The number of carbonyl (C=O) groups is 2. The van der Waals surface area contributed by atoms with E-state index in [0.717, 1.165) is 37.2 Å². The predicted octanol–water partition coefficient (Wildman–Crippen LogP) is 2.30. The van der Waals surface area contributed by atoms with Crippen LogP contribution in [0.5, 0.6) is 0 Å². The van der Waals surface area contributed by atoms with E-state index in [9.17, 15) is 9.59 Å². The van der Waals surface area contributed by atoms with Gasteiger partial charge in [-0.3, -0.25) is 19.3 Å². The Kier molecular flexibility index (Phi) is 5.65. The monoisotopic (exact) mass is 355 g/mol. The van der Waals surface area contributed by atoms with Crippen molar-refractivity contribution < 1.29 is 9.59 Å². The van der Waals surface area contributed by atoms with Gasteiger partial charge in [-0.15, -0.1) is 0 Å². The minimum absolute atomic E-state index is 0.0450. The first-order chi connectivity index (χ1) is 12.6. The summed E-state index contributed by atoms with van der Waals surface area (Å²) in [6, 6.07) is 7.50. The number of aromatic nitrogens is 3. The number of carbonyl (C=O) groups excluding carboxylic acids is 2. The molecule has 2 aromatic rings. The molecule has 7 heteroatoms. The highest BCUT2D eigenvalue weighted by Gasteiger charge is 2.32. The van der Waals surface area contributed by atoms with Gasteiger partial charge in [0.15, 0.2) is 0 Å². The van der Waals surface area contributed by atoms with E-state index in [-0.39, 0.29) is 17.9 Å². The Morgan fingerprint density at radius 2 is 2.15 bits per heavy atom. The summed E-state index contributed by atoms with van der Waals surface area (Å²) in [6.07, 6.45) is 4.67. The van der Waals surface area contributed by atoms with Gasteiger partial charge in [0, 0.05) is 26.2 Å². The third-order valence-corrected chi connectivity index (χ3v) is 4.51. The van der Waals surface area contributed by atoms with Crippen molar-refractivity contribution in [2.24, 2.45) is 0 Å². The Morgan fingerprint density at radius 1 is 1.31 bits per heavy atom. The molecule has 7 nitrogen and oxygen atoms in total.